The van der Waals surface area contributed by atoms with Crippen molar-refractivity contribution in [3.05, 3.63) is 90.2 Å². The van der Waals surface area contributed by atoms with E-state index in [1.165, 1.54) is 16.7 Å². The SMILES string of the molecule is C=[N+]([CH-]c1ccc(-c2cccc([N+](=O)[O-])c2)[o+]1[CH2-])c1ccccc1O. The molecule has 0 saturated heterocycles. The molecule has 0 aliphatic rings. The van der Waals surface area contributed by atoms with Crippen LogP contribution in [0.15, 0.2) is 64.7 Å². The van der Waals surface area contributed by atoms with E-state index in [1.54, 1.807) is 55.1 Å². The molecule has 0 atom stereocenters. The Morgan fingerprint density at radius 1 is 1.12 bits per heavy atom. The van der Waals surface area contributed by atoms with E-state index in [1.807, 2.05) is 0 Å². The second-order valence-corrected chi connectivity index (χ2v) is 5.39. The van der Waals surface area contributed by atoms with E-state index in [0.717, 1.165) is 0 Å². The van der Waals surface area contributed by atoms with Crippen LogP contribution in [-0.4, -0.2) is 21.3 Å². The lowest BCUT2D eigenvalue weighted by Crippen LogP contribution is -2.00. The average Bonchev–Trinajstić information content (AvgIpc) is 2.96. The standard InChI is InChI=1S/C19H16N2O4/c1-20(17-8-3-4-9-18(17)22)13-16-10-11-19(25(16)2)14-6-5-7-15(12-14)21(23)24/h3-13,22H,1-2H2. The largest absolute Gasteiger partial charge is 0.673 e. The van der Waals surface area contributed by atoms with Gasteiger partial charge in [-0.2, -0.15) is 0 Å². The van der Waals surface area contributed by atoms with Gasteiger partial charge < -0.3 is 9.15 Å². The van der Waals surface area contributed by atoms with Gasteiger partial charge in [0.05, 0.1) is 18.8 Å². The summed E-state index contributed by atoms with van der Waals surface area (Å²) in [6, 6.07) is 16.7. The van der Waals surface area contributed by atoms with Crippen LogP contribution >= 0.6 is 0 Å². The highest BCUT2D eigenvalue weighted by Gasteiger charge is 2.13. The van der Waals surface area contributed by atoms with Crippen molar-refractivity contribution in [3.8, 4) is 17.1 Å². The fraction of sp³-hybridized carbons (Fsp3) is 0. The second-order valence-electron chi connectivity index (χ2n) is 5.39. The van der Waals surface area contributed by atoms with Gasteiger partial charge in [0.25, 0.3) is 5.69 Å². The summed E-state index contributed by atoms with van der Waals surface area (Å²) in [5.41, 5.74) is 1.21. The number of nitro benzene ring substituents is 1. The van der Waals surface area contributed by atoms with Crippen LogP contribution in [0.2, 0.25) is 0 Å². The molecule has 0 fully saturated rings. The number of phenolic OH excluding ortho intramolecular Hbond substituents is 1. The number of benzene rings is 2. The maximum atomic E-state index is 10.9. The van der Waals surface area contributed by atoms with Crippen molar-refractivity contribution in [1.29, 1.82) is 0 Å². The topological polar surface area (TPSA) is 69.1 Å². The third-order valence-corrected chi connectivity index (χ3v) is 3.76. The number of nitro groups is 1. The van der Waals surface area contributed by atoms with Gasteiger partial charge >= 0.3 is 0 Å². The van der Waals surface area contributed by atoms with Crippen LogP contribution in [0.3, 0.4) is 0 Å². The third-order valence-electron chi connectivity index (χ3n) is 3.76. The Morgan fingerprint density at radius 2 is 1.88 bits per heavy atom. The lowest BCUT2D eigenvalue weighted by Gasteiger charge is -2.16. The van der Waals surface area contributed by atoms with Gasteiger partial charge in [0.1, 0.15) is 18.1 Å². The summed E-state index contributed by atoms with van der Waals surface area (Å²) >= 11 is 0. The molecule has 0 unspecified atom stereocenters. The maximum absolute atomic E-state index is 10.9. The molecule has 0 spiro atoms. The summed E-state index contributed by atoms with van der Waals surface area (Å²) < 4.78 is 4.11. The van der Waals surface area contributed by atoms with Crippen molar-refractivity contribution in [2.45, 2.75) is 0 Å². The highest BCUT2D eigenvalue weighted by molar-refractivity contribution is 5.62. The lowest BCUT2D eigenvalue weighted by molar-refractivity contribution is -0.384. The molecular weight excluding hydrogens is 320 g/mol. The van der Waals surface area contributed by atoms with Gasteiger partial charge in [-0.3, -0.25) is 14.7 Å². The maximum Gasteiger partial charge on any atom is 0.269 e. The van der Waals surface area contributed by atoms with Crippen LogP contribution < -0.4 is 0 Å². The monoisotopic (exact) mass is 336 g/mol. The fourth-order valence-electron chi connectivity index (χ4n) is 2.50. The number of rotatable bonds is 5. The summed E-state index contributed by atoms with van der Waals surface area (Å²) in [6.45, 7) is 5.59. The van der Waals surface area contributed by atoms with Gasteiger partial charge in [-0.15, -0.1) is 0 Å². The average molecular weight is 336 g/mol. The molecule has 0 bridgehead atoms. The number of phenols is 1. The predicted molar refractivity (Wildman–Crippen MR) is 94.7 cm³/mol. The fourth-order valence-corrected chi connectivity index (χ4v) is 2.50. The molecular formula is C19H16N2O4. The predicted octanol–water partition coefficient (Wildman–Crippen LogP) is 4.44. The molecule has 1 aromatic heterocycles. The third kappa shape index (κ3) is 3.18. The Morgan fingerprint density at radius 3 is 2.60 bits per heavy atom. The van der Waals surface area contributed by atoms with E-state index in [0.29, 0.717) is 22.8 Å². The quantitative estimate of drug-likeness (QED) is 0.187. The van der Waals surface area contributed by atoms with E-state index in [9.17, 15) is 15.2 Å². The number of hydrogen-bond acceptors (Lipinski definition) is 3. The molecule has 0 saturated carbocycles. The summed E-state index contributed by atoms with van der Waals surface area (Å²) in [4.78, 5) is 10.5. The molecule has 3 rings (SSSR count). The van der Waals surface area contributed by atoms with Gasteiger partial charge in [0.15, 0.2) is 11.4 Å². The van der Waals surface area contributed by atoms with E-state index in [4.69, 9.17) is 0 Å². The Balaban J connectivity index is 1.89. The van der Waals surface area contributed by atoms with Crippen LogP contribution in [0.1, 0.15) is 5.76 Å². The van der Waals surface area contributed by atoms with Crippen molar-refractivity contribution in [2.24, 2.45) is 0 Å². The molecule has 0 aliphatic heterocycles. The summed E-state index contributed by atoms with van der Waals surface area (Å²) in [5.74, 6) is 1.42. The van der Waals surface area contributed by atoms with Crippen molar-refractivity contribution in [2.75, 3.05) is 0 Å². The molecule has 126 valence electrons. The molecule has 1 heterocycles. The smallest absolute Gasteiger partial charge is 0.269 e. The van der Waals surface area contributed by atoms with Gasteiger partial charge in [-0.25, -0.2) is 0 Å². The molecule has 0 radical (unpaired) electrons. The van der Waals surface area contributed by atoms with Gasteiger partial charge in [0, 0.05) is 17.7 Å². The van der Waals surface area contributed by atoms with Crippen molar-refractivity contribution >= 4 is 18.1 Å². The molecule has 3 aromatic rings. The minimum absolute atomic E-state index is 0.0119. The summed E-state index contributed by atoms with van der Waals surface area (Å²) in [7, 11) is 3.92. The first-order chi connectivity index (χ1) is 12.0. The van der Waals surface area contributed by atoms with E-state index >= 15 is 0 Å². The lowest BCUT2D eigenvalue weighted by atomic mass is 10.1. The normalized spacial score (nSPS) is 10.4. The first-order valence-corrected chi connectivity index (χ1v) is 7.41. The summed E-state index contributed by atoms with van der Waals surface area (Å²) in [6.07, 6.45) is 0. The highest BCUT2D eigenvalue weighted by Crippen LogP contribution is 2.32. The Hall–Kier alpha value is -3.67. The van der Waals surface area contributed by atoms with Crippen molar-refractivity contribution in [3.63, 3.8) is 0 Å². The first kappa shape index (κ1) is 16.2. The first-order valence-electron chi connectivity index (χ1n) is 7.41. The number of non-ortho nitro benzene ring substituents is 1. The zero-order valence-corrected chi connectivity index (χ0v) is 13.3. The van der Waals surface area contributed by atoms with Gasteiger partial charge in [0.2, 0.25) is 0 Å². The van der Waals surface area contributed by atoms with Crippen LogP contribution in [-0.2, 0) is 0 Å². The van der Waals surface area contributed by atoms with E-state index in [2.05, 4.69) is 17.9 Å². The van der Waals surface area contributed by atoms with E-state index < -0.39 is 4.92 Å². The zero-order valence-electron chi connectivity index (χ0n) is 13.3. The molecule has 0 aliphatic carbocycles. The van der Waals surface area contributed by atoms with Crippen LogP contribution in [0.4, 0.5) is 11.4 Å². The van der Waals surface area contributed by atoms with Crippen LogP contribution in [0.5, 0.6) is 5.75 Å². The van der Waals surface area contributed by atoms with Gasteiger partial charge in [-0.05, 0) is 12.1 Å². The molecule has 0 amide bonds. The number of para-hydroxylation sites is 2. The number of hydrogen-bond donors (Lipinski definition) is 1. The van der Waals surface area contributed by atoms with Crippen LogP contribution in [0.25, 0.3) is 11.3 Å². The van der Waals surface area contributed by atoms with E-state index in [-0.39, 0.29) is 11.4 Å². The Bertz CT molecular complexity index is 960. The minimum atomic E-state index is -0.437. The molecule has 2 aromatic carbocycles. The molecule has 25 heavy (non-hydrogen) atoms. The van der Waals surface area contributed by atoms with Crippen molar-refractivity contribution < 1.29 is 18.7 Å². The zero-order chi connectivity index (χ0) is 18.0. The summed E-state index contributed by atoms with van der Waals surface area (Å²) in [5, 5.41) is 20.8. The molecule has 6 heteroatoms. The Kier molecular flexibility index (Phi) is 4.18. The van der Waals surface area contributed by atoms with Crippen LogP contribution in [0, 0.1) is 23.8 Å². The minimum Gasteiger partial charge on any atom is -0.673 e. The highest BCUT2D eigenvalue weighted by atomic mass is 16.6. The number of furan rings is 1. The second kappa shape index (κ2) is 6.45. The Labute approximate surface area is 144 Å². The number of aromatic hydroxyl groups is 1. The number of nitrogens with zero attached hydrogens (tertiary/aromatic N) is 2. The van der Waals surface area contributed by atoms with Gasteiger partial charge in [-0.1, -0.05) is 36.4 Å². The van der Waals surface area contributed by atoms with Crippen molar-refractivity contribution in [1.82, 2.24) is 0 Å². The molecule has 1 N–H and O–H groups in total. The molecule has 6 nitrogen and oxygen atoms in total.